The number of carboxylic acid groups (broad SMARTS) is 1. The smallest absolute Gasteiger partial charge is 0.306 e. The SMILES string of the molecule is CCn1ncc2c(NC3CCC(C(=O)O)CC3)c(C3=NOC4(C3)CC(C#N)C4)cnc21. The zero-order valence-corrected chi connectivity index (χ0v) is 17.5. The van der Waals surface area contributed by atoms with Crippen LogP contribution in [-0.4, -0.2) is 43.2 Å². The average Bonchev–Trinajstić information content (AvgIpc) is 3.38. The van der Waals surface area contributed by atoms with Crippen molar-refractivity contribution in [2.24, 2.45) is 17.0 Å². The van der Waals surface area contributed by atoms with Crippen molar-refractivity contribution in [1.29, 1.82) is 5.26 Å². The van der Waals surface area contributed by atoms with Gasteiger partial charge >= 0.3 is 5.97 Å². The number of oxime groups is 1. The van der Waals surface area contributed by atoms with Crippen LogP contribution in [0.3, 0.4) is 0 Å². The molecule has 0 unspecified atom stereocenters. The first-order valence-corrected chi connectivity index (χ1v) is 11.0. The van der Waals surface area contributed by atoms with E-state index in [0.717, 1.165) is 47.4 Å². The molecule has 0 atom stereocenters. The van der Waals surface area contributed by atoms with Gasteiger partial charge in [0.25, 0.3) is 0 Å². The second kappa shape index (κ2) is 7.52. The van der Waals surface area contributed by atoms with Gasteiger partial charge in [0.05, 0.1) is 40.9 Å². The number of hydrogen-bond donors (Lipinski definition) is 2. The molecule has 2 saturated carbocycles. The van der Waals surface area contributed by atoms with Crippen molar-refractivity contribution >= 4 is 28.4 Å². The van der Waals surface area contributed by atoms with E-state index < -0.39 is 5.97 Å². The highest BCUT2D eigenvalue weighted by atomic mass is 16.7. The lowest BCUT2D eigenvalue weighted by Crippen LogP contribution is -2.43. The van der Waals surface area contributed by atoms with Gasteiger partial charge in [-0.3, -0.25) is 4.79 Å². The minimum absolute atomic E-state index is 0.0416. The van der Waals surface area contributed by atoms with E-state index in [1.807, 2.05) is 24.0 Å². The summed E-state index contributed by atoms with van der Waals surface area (Å²) >= 11 is 0. The standard InChI is InChI=1S/C22H26N6O3/c1-2-28-20-17(12-25-28)19(26-15-5-3-14(4-6-15)21(29)30)16(11-24-20)18-9-22(31-27-18)7-13(8-22)10-23/h11-15H,2-9H2,1H3,(H,24,26)(H,29,30). The molecule has 1 spiro atoms. The topological polar surface area (TPSA) is 125 Å². The first-order valence-electron chi connectivity index (χ1n) is 11.0. The van der Waals surface area contributed by atoms with Crippen molar-refractivity contribution in [2.75, 3.05) is 5.32 Å². The number of carboxylic acids is 1. The first-order chi connectivity index (χ1) is 15.0. The quantitative estimate of drug-likeness (QED) is 0.757. The van der Waals surface area contributed by atoms with Gasteiger partial charge < -0.3 is 15.3 Å². The molecule has 3 aliphatic rings. The van der Waals surface area contributed by atoms with Crippen molar-refractivity contribution in [3.05, 3.63) is 18.0 Å². The van der Waals surface area contributed by atoms with Crippen molar-refractivity contribution in [3.8, 4) is 6.07 Å². The molecular formula is C22H26N6O3. The molecule has 162 valence electrons. The van der Waals surface area contributed by atoms with Crippen molar-refractivity contribution in [1.82, 2.24) is 14.8 Å². The Morgan fingerprint density at radius 3 is 2.81 bits per heavy atom. The van der Waals surface area contributed by atoms with Crippen LogP contribution >= 0.6 is 0 Å². The summed E-state index contributed by atoms with van der Waals surface area (Å²) in [6.45, 7) is 2.75. The fourth-order valence-electron chi connectivity index (χ4n) is 5.14. The number of aromatic nitrogens is 3. The maximum Gasteiger partial charge on any atom is 0.306 e. The molecule has 0 aromatic carbocycles. The summed E-state index contributed by atoms with van der Waals surface area (Å²) in [7, 11) is 0. The zero-order valence-electron chi connectivity index (χ0n) is 17.5. The number of rotatable bonds is 5. The zero-order chi connectivity index (χ0) is 21.6. The minimum atomic E-state index is -0.700. The third kappa shape index (κ3) is 3.40. The molecular weight excluding hydrogens is 396 g/mol. The van der Waals surface area contributed by atoms with Gasteiger partial charge in [-0.2, -0.15) is 10.4 Å². The Bertz CT molecular complexity index is 1090. The lowest BCUT2D eigenvalue weighted by Gasteiger charge is -2.38. The summed E-state index contributed by atoms with van der Waals surface area (Å²) in [5.74, 6) is -0.912. The number of aliphatic carboxylic acids is 1. The molecule has 5 rings (SSSR count). The number of nitriles is 1. The normalized spacial score (nSPS) is 29.8. The van der Waals surface area contributed by atoms with Gasteiger partial charge in [-0.1, -0.05) is 5.16 Å². The number of hydrogen-bond acceptors (Lipinski definition) is 7. The summed E-state index contributed by atoms with van der Waals surface area (Å²) in [5, 5.41) is 31.9. The number of pyridine rings is 1. The molecule has 2 N–H and O–H groups in total. The van der Waals surface area contributed by atoms with Crippen LogP contribution in [0.5, 0.6) is 0 Å². The Hall–Kier alpha value is -3.15. The summed E-state index contributed by atoms with van der Waals surface area (Å²) < 4.78 is 1.86. The van der Waals surface area contributed by atoms with E-state index in [9.17, 15) is 9.90 Å². The third-order valence-electron chi connectivity index (χ3n) is 6.96. The second-order valence-corrected chi connectivity index (χ2v) is 9.00. The number of nitrogens with one attached hydrogen (secondary N) is 1. The summed E-state index contributed by atoms with van der Waals surface area (Å²) in [6.07, 6.45) is 8.72. The van der Waals surface area contributed by atoms with Crippen LogP contribution in [0.25, 0.3) is 11.0 Å². The molecule has 2 aliphatic carbocycles. The van der Waals surface area contributed by atoms with E-state index in [1.165, 1.54) is 0 Å². The highest BCUT2D eigenvalue weighted by Gasteiger charge is 2.51. The number of fused-ring (bicyclic) bond motifs is 1. The Morgan fingerprint density at radius 2 is 2.13 bits per heavy atom. The van der Waals surface area contributed by atoms with Crippen molar-refractivity contribution in [3.63, 3.8) is 0 Å². The summed E-state index contributed by atoms with van der Waals surface area (Å²) in [5.41, 5.74) is 3.15. The average molecular weight is 422 g/mol. The number of aryl methyl sites for hydroxylation is 1. The van der Waals surface area contributed by atoms with Gasteiger partial charge in [-0.25, -0.2) is 9.67 Å². The Labute approximate surface area is 180 Å². The Morgan fingerprint density at radius 1 is 1.35 bits per heavy atom. The Kier molecular flexibility index (Phi) is 4.80. The number of nitrogens with zero attached hydrogens (tertiary/aromatic N) is 5. The van der Waals surface area contributed by atoms with Crippen LogP contribution in [0.2, 0.25) is 0 Å². The van der Waals surface area contributed by atoms with Crippen LogP contribution in [0, 0.1) is 23.2 Å². The molecule has 9 heteroatoms. The lowest BCUT2D eigenvalue weighted by molar-refractivity contribution is -0.142. The number of carbonyl (C=O) groups is 1. The maximum absolute atomic E-state index is 11.3. The molecule has 0 radical (unpaired) electrons. The molecule has 9 nitrogen and oxygen atoms in total. The van der Waals surface area contributed by atoms with E-state index in [-0.39, 0.29) is 23.5 Å². The first kappa shape index (κ1) is 19.8. The molecule has 0 bridgehead atoms. The van der Waals surface area contributed by atoms with Crippen LogP contribution in [0.4, 0.5) is 5.69 Å². The lowest BCUT2D eigenvalue weighted by atomic mass is 9.69. The van der Waals surface area contributed by atoms with Crippen molar-refractivity contribution < 1.29 is 14.7 Å². The largest absolute Gasteiger partial charge is 0.481 e. The van der Waals surface area contributed by atoms with E-state index >= 15 is 0 Å². The fourth-order valence-corrected chi connectivity index (χ4v) is 5.14. The molecule has 1 aliphatic heterocycles. The van der Waals surface area contributed by atoms with E-state index in [1.54, 1.807) is 0 Å². The van der Waals surface area contributed by atoms with Gasteiger partial charge in [-0.05, 0) is 32.6 Å². The van der Waals surface area contributed by atoms with Crippen LogP contribution in [-0.2, 0) is 16.2 Å². The minimum Gasteiger partial charge on any atom is -0.481 e. The predicted octanol–water partition coefficient (Wildman–Crippen LogP) is 3.30. The molecule has 31 heavy (non-hydrogen) atoms. The number of anilines is 1. The van der Waals surface area contributed by atoms with Gasteiger partial charge in [0, 0.05) is 43.6 Å². The maximum atomic E-state index is 11.3. The van der Waals surface area contributed by atoms with Gasteiger partial charge in [0.2, 0.25) is 0 Å². The fraction of sp³-hybridized carbons (Fsp3) is 0.591. The second-order valence-electron chi connectivity index (χ2n) is 9.00. The van der Waals surface area contributed by atoms with Crippen LogP contribution < -0.4 is 5.32 Å². The van der Waals surface area contributed by atoms with Crippen LogP contribution in [0.1, 0.15) is 57.4 Å². The van der Waals surface area contributed by atoms with E-state index in [2.05, 4.69) is 26.6 Å². The molecule has 0 saturated heterocycles. The molecule has 3 heterocycles. The third-order valence-corrected chi connectivity index (χ3v) is 6.96. The molecule has 2 aromatic heterocycles. The van der Waals surface area contributed by atoms with E-state index in [0.29, 0.717) is 32.1 Å². The molecule has 2 fully saturated rings. The monoisotopic (exact) mass is 422 g/mol. The predicted molar refractivity (Wildman–Crippen MR) is 114 cm³/mol. The van der Waals surface area contributed by atoms with Gasteiger partial charge in [-0.15, -0.1) is 0 Å². The molecule has 0 amide bonds. The van der Waals surface area contributed by atoms with Gasteiger partial charge in [0.15, 0.2) is 5.65 Å². The summed E-state index contributed by atoms with van der Waals surface area (Å²) in [6, 6.07) is 2.50. The summed E-state index contributed by atoms with van der Waals surface area (Å²) in [4.78, 5) is 21.8. The highest BCUT2D eigenvalue weighted by molar-refractivity contribution is 6.10. The highest BCUT2D eigenvalue weighted by Crippen LogP contribution is 2.47. The van der Waals surface area contributed by atoms with E-state index in [4.69, 9.17) is 10.1 Å². The van der Waals surface area contributed by atoms with Crippen molar-refractivity contribution in [2.45, 2.75) is 70.1 Å². The van der Waals surface area contributed by atoms with Gasteiger partial charge in [0.1, 0.15) is 5.60 Å². The van der Waals surface area contributed by atoms with Crippen LogP contribution in [0.15, 0.2) is 17.5 Å². The Balaban J connectivity index is 1.44. The molecule has 2 aromatic rings.